The number of hydrogen-bond acceptors (Lipinski definition) is 6. The van der Waals surface area contributed by atoms with E-state index in [0.29, 0.717) is 11.1 Å². The van der Waals surface area contributed by atoms with E-state index in [0.717, 1.165) is 0 Å². The van der Waals surface area contributed by atoms with Crippen LogP contribution in [0, 0.1) is 23.7 Å². The van der Waals surface area contributed by atoms with Crippen molar-refractivity contribution >= 4 is 15.9 Å². The van der Waals surface area contributed by atoms with Crippen LogP contribution in [-0.2, 0) is 10.0 Å². The molecule has 1 aliphatic rings. The number of sulfonamides is 1. The number of benzene rings is 1. The number of ether oxygens (including phenoxy) is 1. The zero-order valence-electron chi connectivity index (χ0n) is 20.8. The van der Waals surface area contributed by atoms with Gasteiger partial charge in [-0.05, 0) is 37.3 Å². The van der Waals surface area contributed by atoms with Gasteiger partial charge in [-0.15, -0.1) is 0 Å². The van der Waals surface area contributed by atoms with Gasteiger partial charge in [0.15, 0.2) is 0 Å². The van der Waals surface area contributed by atoms with Crippen LogP contribution in [0.5, 0.6) is 5.75 Å². The molecule has 1 aromatic carbocycles. The molecule has 0 fully saturated rings. The van der Waals surface area contributed by atoms with Gasteiger partial charge in [-0.3, -0.25) is 9.78 Å². The van der Waals surface area contributed by atoms with Gasteiger partial charge in [-0.1, -0.05) is 32.6 Å². The van der Waals surface area contributed by atoms with Gasteiger partial charge in [0.25, 0.3) is 5.91 Å². The molecule has 35 heavy (non-hydrogen) atoms. The normalized spacial score (nSPS) is 20.4. The molecule has 2 heterocycles. The van der Waals surface area contributed by atoms with E-state index >= 15 is 0 Å². The van der Waals surface area contributed by atoms with Crippen LogP contribution in [0.25, 0.3) is 0 Å². The third kappa shape index (κ3) is 6.20. The molecule has 0 aliphatic carbocycles. The number of aliphatic hydroxyl groups excluding tert-OH is 1. The number of hydrogen-bond donors (Lipinski definition) is 1. The Balaban J connectivity index is 2.02. The van der Waals surface area contributed by atoms with E-state index in [4.69, 9.17) is 4.74 Å². The molecular formula is C26H33N3O5S. The second-order valence-electron chi connectivity index (χ2n) is 9.25. The van der Waals surface area contributed by atoms with Crippen molar-refractivity contribution in [2.75, 3.05) is 26.7 Å². The Morgan fingerprint density at radius 2 is 2.06 bits per heavy atom. The molecule has 1 N–H and O–H groups in total. The van der Waals surface area contributed by atoms with Gasteiger partial charge in [0.05, 0.1) is 18.7 Å². The lowest BCUT2D eigenvalue weighted by Crippen LogP contribution is -2.50. The van der Waals surface area contributed by atoms with Crippen LogP contribution in [0.1, 0.15) is 43.6 Å². The Morgan fingerprint density at radius 1 is 1.31 bits per heavy atom. The van der Waals surface area contributed by atoms with E-state index in [9.17, 15) is 18.3 Å². The maximum Gasteiger partial charge on any atom is 0.255 e. The molecule has 8 nitrogen and oxygen atoms in total. The minimum absolute atomic E-state index is 0.0195. The Hall–Kier alpha value is -2.93. The van der Waals surface area contributed by atoms with Crippen molar-refractivity contribution in [3.8, 4) is 17.6 Å². The van der Waals surface area contributed by atoms with Crippen LogP contribution in [-0.4, -0.2) is 72.5 Å². The first-order valence-electron chi connectivity index (χ1n) is 11.6. The van der Waals surface area contributed by atoms with Crippen LogP contribution < -0.4 is 4.74 Å². The lowest BCUT2D eigenvalue weighted by molar-refractivity contribution is 0.0563. The molecule has 0 radical (unpaired) electrons. The van der Waals surface area contributed by atoms with E-state index in [2.05, 4.69) is 16.8 Å². The Kier molecular flexibility index (Phi) is 8.54. The molecule has 0 spiro atoms. The van der Waals surface area contributed by atoms with Crippen LogP contribution in [0.3, 0.4) is 0 Å². The summed E-state index contributed by atoms with van der Waals surface area (Å²) in [6, 6.07) is 7.58. The fraction of sp³-hybridized carbons (Fsp3) is 0.462. The van der Waals surface area contributed by atoms with E-state index < -0.39 is 22.2 Å². The van der Waals surface area contributed by atoms with Crippen molar-refractivity contribution in [2.45, 2.75) is 44.7 Å². The third-order valence-electron chi connectivity index (χ3n) is 5.88. The number of rotatable bonds is 5. The standard InChI is InChI=1S/C26H33N3O5S/c1-18(2)8-9-21-10-11-25-23(13-21)34-24(16-28(5)26(31)22-7-6-12-27-14-22)19(3)15-29(20(4)17-30)35(25,32)33/h6-7,10-14,18-20,24,30H,15-17H2,1-5H3/t19-,20-,24-/m0/s1. The number of fused-ring (bicyclic) bond motifs is 1. The van der Waals surface area contributed by atoms with Crippen molar-refractivity contribution in [3.05, 3.63) is 53.9 Å². The van der Waals surface area contributed by atoms with Crippen LogP contribution in [0.4, 0.5) is 0 Å². The molecule has 0 saturated heterocycles. The average molecular weight is 500 g/mol. The number of nitrogens with zero attached hydrogens (tertiary/aromatic N) is 3. The highest BCUT2D eigenvalue weighted by Crippen LogP contribution is 2.34. The molecule has 0 bridgehead atoms. The fourth-order valence-electron chi connectivity index (χ4n) is 3.81. The number of carbonyl (C=O) groups excluding carboxylic acids is 1. The van der Waals surface area contributed by atoms with Crippen molar-refractivity contribution in [1.82, 2.24) is 14.2 Å². The van der Waals surface area contributed by atoms with Crippen LogP contribution in [0.15, 0.2) is 47.6 Å². The van der Waals surface area contributed by atoms with Crippen LogP contribution in [0.2, 0.25) is 0 Å². The number of amides is 1. The molecule has 1 aliphatic heterocycles. The lowest BCUT2D eigenvalue weighted by Gasteiger charge is -2.37. The zero-order valence-corrected chi connectivity index (χ0v) is 21.6. The molecule has 188 valence electrons. The second kappa shape index (κ2) is 11.2. The summed E-state index contributed by atoms with van der Waals surface area (Å²) in [5.41, 5.74) is 1.10. The smallest absolute Gasteiger partial charge is 0.255 e. The topological polar surface area (TPSA) is 100 Å². The van der Waals surface area contributed by atoms with Gasteiger partial charge in [0.2, 0.25) is 10.0 Å². The number of carbonyl (C=O) groups is 1. The van der Waals surface area contributed by atoms with Gasteiger partial charge < -0.3 is 14.7 Å². The SMILES string of the molecule is CC(C)C#Cc1ccc2c(c1)O[C@@H](CN(C)C(=O)c1cccnc1)[C@@H](C)CN([C@@H](C)CO)S2(=O)=O. The molecule has 1 amide bonds. The average Bonchev–Trinajstić information content (AvgIpc) is 2.84. The fourth-order valence-corrected chi connectivity index (χ4v) is 5.64. The van der Waals surface area contributed by atoms with Crippen molar-refractivity contribution in [2.24, 2.45) is 11.8 Å². The highest BCUT2D eigenvalue weighted by Gasteiger charge is 2.38. The van der Waals surface area contributed by atoms with Gasteiger partial charge in [0, 0.05) is 49.4 Å². The van der Waals surface area contributed by atoms with E-state index in [1.165, 1.54) is 16.6 Å². The number of likely N-dealkylation sites (N-methyl/N-ethyl adjacent to an activating group) is 1. The van der Waals surface area contributed by atoms with E-state index in [1.807, 2.05) is 20.8 Å². The van der Waals surface area contributed by atoms with Crippen molar-refractivity contribution in [3.63, 3.8) is 0 Å². The van der Waals surface area contributed by atoms with Gasteiger partial charge in [-0.25, -0.2) is 8.42 Å². The molecule has 0 saturated carbocycles. The first-order valence-corrected chi connectivity index (χ1v) is 13.1. The van der Waals surface area contributed by atoms with Crippen molar-refractivity contribution in [1.29, 1.82) is 0 Å². The van der Waals surface area contributed by atoms with Crippen LogP contribution >= 0.6 is 0 Å². The van der Waals surface area contributed by atoms with Gasteiger partial charge in [0.1, 0.15) is 16.7 Å². The minimum Gasteiger partial charge on any atom is -0.487 e. The molecule has 3 atom stereocenters. The zero-order chi connectivity index (χ0) is 25.8. The minimum atomic E-state index is -3.93. The molecule has 9 heteroatoms. The predicted octanol–water partition coefficient (Wildman–Crippen LogP) is 2.63. The molecule has 2 aromatic rings. The number of pyridine rings is 1. The molecule has 3 rings (SSSR count). The summed E-state index contributed by atoms with van der Waals surface area (Å²) >= 11 is 0. The summed E-state index contributed by atoms with van der Waals surface area (Å²) in [4.78, 5) is 18.5. The van der Waals surface area contributed by atoms with Gasteiger partial charge in [-0.2, -0.15) is 4.31 Å². The highest BCUT2D eigenvalue weighted by atomic mass is 32.2. The summed E-state index contributed by atoms with van der Waals surface area (Å²) in [6.07, 6.45) is 2.61. The predicted molar refractivity (Wildman–Crippen MR) is 133 cm³/mol. The summed E-state index contributed by atoms with van der Waals surface area (Å²) in [5, 5.41) is 9.78. The van der Waals surface area contributed by atoms with Gasteiger partial charge >= 0.3 is 0 Å². The Labute approximate surface area is 208 Å². The third-order valence-corrected chi connectivity index (χ3v) is 7.90. The van der Waals surface area contributed by atoms with E-state index in [-0.39, 0.29) is 48.1 Å². The summed E-state index contributed by atoms with van der Waals surface area (Å²) < 4.78 is 34.7. The maximum absolute atomic E-state index is 13.5. The second-order valence-corrected chi connectivity index (χ2v) is 11.1. The first kappa shape index (κ1) is 26.7. The number of aromatic nitrogens is 1. The first-order chi connectivity index (χ1) is 16.5. The Bertz CT molecular complexity index is 1200. The number of aliphatic hydroxyl groups is 1. The largest absolute Gasteiger partial charge is 0.487 e. The lowest BCUT2D eigenvalue weighted by atomic mass is 10.0. The summed E-state index contributed by atoms with van der Waals surface area (Å²) in [7, 11) is -2.25. The summed E-state index contributed by atoms with van der Waals surface area (Å²) in [6.45, 7) is 7.56. The summed E-state index contributed by atoms with van der Waals surface area (Å²) in [5.74, 6) is 6.00. The Morgan fingerprint density at radius 3 is 2.69 bits per heavy atom. The maximum atomic E-state index is 13.5. The quantitative estimate of drug-likeness (QED) is 0.635. The molecule has 1 aromatic heterocycles. The molecule has 0 unspecified atom stereocenters. The van der Waals surface area contributed by atoms with E-state index in [1.54, 1.807) is 49.3 Å². The highest BCUT2D eigenvalue weighted by molar-refractivity contribution is 7.89. The molecular weight excluding hydrogens is 466 g/mol. The monoisotopic (exact) mass is 499 g/mol. The van der Waals surface area contributed by atoms with Crippen molar-refractivity contribution < 1.29 is 23.1 Å².